The fourth-order valence-electron chi connectivity index (χ4n) is 3.62. The van der Waals surface area contributed by atoms with Crippen LogP contribution in [0.4, 0.5) is 4.39 Å². The van der Waals surface area contributed by atoms with E-state index in [1.165, 1.54) is 5.56 Å². The van der Waals surface area contributed by atoms with Gasteiger partial charge in [0.2, 0.25) is 5.91 Å². The number of benzene rings is 2. The summed E-state index contributed by atoms with van der Waals surface area (Å²) in [6.45, 7) is 8.96. The van der Waals surface area contributed by atoms with Gasteiger partial charge in [0.1, 0.15) is 5.82 Å². The molecule has 0 atom stereocenters. The summed E-state index contributed by atoms with van der Waals surface area (Å²) in [5.41, 5.74) is 6.61. The molecule has 0 unspecified atom stereocenters. The van der Waals surface area contributed by atoms with Crippen LogP contribution in [-0.2, 0) is 4.79 Å². The number of rotatable bonds is 3. The first-order valence-electron chi connectivity index (χ1n) is 9.27. The lowest BCUT2D eigenvalue weighted by molar-refractivity contribution is -0.118. The average molecular weight is 351 g/mol. The van der Waals surface area contributed by atoms with Crippen LogP contribution >= 0.6 is 0 Å². The van der Waals surface area contributed by atoms with Gasteiger partial charge in [0, 0.05) is 12.1 Å². The predicted molar refractivity (Wildman–Crippen MR) is 105 cm³/mol. The fourth-order valence-corrected chi connectivity index (χ4v) is 3.62. The van der Waals surface area contributed by atoms with Crippen molar-refractivity contribution >= 4 is 11.5 Å². The van der Waals surface area contributed by atoms with Gasteiger partial charge < -0.3 is 5.32 Å². The highest BCUT2D eigenvalue weighted by atomic mass is 19.1. The molecular formula is C23H26FNO. The van der Waals surface area contributed by atoms with Gasteiger partial charge in [0.25, 0.3) is 0 Å². The summed E-state index contributed by atoms with van der Waals surface area (Å²) in [6, 6.07) is 11.4. The molecule has 2 aromatic carbocycles. The Labute approximate surface area is 155 Å². The van der Waals surface area contributed by atoms with Crippen LogP contribution in [0.1, 0.15) is 56.2 Å². The third-order valence-electron chi connectivity index (χ3n) is 5.28. The summed E-state index contributed by atoms with van der Waals surface area (Å²) < 4.78 is 14.4. The molecule has 3 heteroatoms. The first kappa shape index (κ1) is 18.4. The summed E-state index contributed by atoms with van der Waals surface area (Å²) >= 11 is 0. The Kier molecular flexibility index (Phi) is 5.26. The highest BCUT2D eigenvalue weighted by molar-refractivity contribution is 6.02. The number of carbonyl (C=O) groups excluding carboxylic acids is 1. The number of hydrogen-bond acceptors (Lipinski definition) is 1. The minimum absolute atomic E-state index is 0.0275. The SMILES string of the molecule is C/C(=C1/CCCNC1=O)c1cc(F)cc(-c2ccc(C(C)C)cc2)c1C. The Hall–Kier alpha value is -2.42. The Morgan fingerprint density at radius 1 is 1.15 bits per heavy atom. The number of nitrogens with one attached hydrogen (secondary N) is 1. The Morgan fingerprint density at radius 3 is 2.46 bits per heavy atom. The number of halogens is 1. The summed E-state index contributed by atoms with van der Waals surface area (Å²) in [6.07, 6.45) is 1.67. The van der Waals surface area contributed by atoms with E-state index in [2.05, 4.69) is 43.4 Å². The lowest BCUT2D eigenvalue weighted by Gasteiger charge is -2.20. The average Bonchev–Trinajstić information content (AvgIpc) is 2.63. The van der Waals surface area contributed by atoms with E-state index >= 15 is 0 Å². The first-order valence-corrected chi connectivity index (χ1v) is 9.27. The molecule has 1 heterocycles. The molecular weight excluding hydrogens is 325 g/mol. The Balaban J connectivity index is 2.09. The van der Waals surface area contributed by atoms with Gasteiger partial charge in [0.05, 0.1) is 0 Å². The molecule has 1 N–H and O–H groups in total. The van der Waals surface area contributed by atoms with Gasteiger partial charge in [-0.15, -0.1) is 0 Å². The standard InChI is InChI=1S/C23H26FNO/c1-14(2)17-7-9-18(10-8-17)22-13-19(24)12-21(16(22)4)15(3)20-6-5-11-25-23(20)26/h7-10,12-14H,5-6,11H2,1-4H3,(H,25,26)/b20-15+. The van der Waals surface area contributed by atoms with Gasteiger partial charge >= 0.3 is 0 Å². The second-order valence-electron chi connectivity index (χ2n) is 7.37. The van der Waals surface area contributed by atoms with Gasteiger partial charge in [-0.25, -0.2) is 4.39 Å². The number of amides is 1. The maximum Gasteiger partial charge on any atom is 0.247 e. The smallest absolute Gasteiger partial charge is 0.247 e. The molecule has 1 fully saturated rings. The van der Waals surface area contributed by atoms with Crippen LogP contribution in [0.5, 0.6) is 0 Å². The molecule has 0 aromatic heterocycles. The summed E-state index contributed by atoms with van der Waals surface area (Å²) in [5.74, 6) is 0.162. The molecule has 0 spiro atoms. The zero-order valence-electron chi connectivity index (χ0n) is 15.9. The number of carbonyl (C=O) groups is 1. The molecule has 2 nitrogen and oxygen atoms in total. The third kappa shape index (κ3) is 3.57. The molecule has 26 heavy (non-hydrogen) atoms. The lowest BCUT2D eigenvalue weighted by Crippen LogP contribution is -2.31. The number of allylic oxidation sites excluding steroid dienone is 1. The van der Waals surface area contributed by atoms with Crippen molar-refractivity contribution in [2.75, 3.05) is 6.54 Å². The molecule has 1 saturated heterocycles. The quantitative estimate of drug-likeness (QED) is 0.716. The second kappa shape index (κ2) is 7.45. The van der Waals surface area contributed by atoms with Crippen LogP contribution in [-0.4, -0.2) is 12.5 Å². The topological polar surface area (TPSA) is 29.1 Å². The van der Waals surface area contributed by atoms with Crippen molar-refractivity contribution in [3.05, 3.63) is 64.5 Å². The van der Waals surface area contributed by atoms with Crippen LogP contribution in [0, 0.1) is 12.7 Å². The molecule has 0 saturated carbocycles. The minimum Gasteiger partial charge on any atom is -0.352 e. The maximum absolute atomic E-state index is 14.4. The van der Waals surface area contributed by atoms with E-state index in [1.807, 2.05) is 13.8 Å². The van der Waals surface area contributed by atoms with Crippen LogP contribution in [0.2, 0.25) is 0 Å². The molecule has 136 valence electrons. The van der Waals surface area contributed by atoms with Crippen molar-refractivity contribution in [2.24, 2.45) is 0 Å². The summed E-state index contributed by atoms with van der Waals surface area (Å²) in [4.78, 5) is 12.2. The van der Waals surface area contributed by atoms with E-state index in [4.69, 9.17) is 0 Å². The van der Waals surface area contributed by atoms with Crippen LogP contribution < -0.4 is 5.32 Å². The predicted octanol–water partition coefficient (Wildman–Crippen LogP) is 5.61. The van der Waals surface area contributed by atoms with E-state index in [1.54, 1.807) is 12.1 Å². The van der Waals surface area contributed by atoms with Crippen LogP contribution in [0.15, 0.2) is 42.0 Å². The van der Waals surface area contributed by atoms with E-state index in [0.29, 0.717) is 12.5 Å². The van der Waals surface area contributed by atoms with Gasteiger partial charge in [-0.2, -0.15) is 0 Å². The number of piperidine rings is 1. The van der Waals surface area contributed by atoms with Crippen molar-refractivity contribution < 1.29 is 9.18 Å². The van der Waals surface area contributed by atoms with E-state index < -0.39 is 0 Å². The van der Waals surface area contributed by atoms with Crippen LogP contribution in [0.3, 0.4) is 0 Å². The summed E-state index contributed by atoms with van der Waals surface area (Å²) in [7, 11) is 0. The maximum atomic E-state index is 14.4. The lowest BCUT2D eigenvalue weighted by atomic mass is 9.88. The highest BCUT2D eigenvalue weighted by Crippen LogP contribution is 2.33. The monoisotopic (exact) mass is 351 g/mol. The van der Waals surface area contributed by atoms with Crippen LogP contribution in [0.25, 0.3) is 16.7 Å². The van der Waals surface area contributed by atoms with Gasteiger partial charge in [0.15, 0.2) is 0 Å². The van der Waals surface area contributed by atoms with E-state index in [0.717, 1.165) is 46.2 Å². The molecule has 0 radical (unpaired) electrons. The Morgan fingerprint density at radius 2 is 1.85 bits per heavy atom. The van der Waals surface area contributed by atoms with E-state index in [9.17, 15) is 9.18 Å². The van der Waals surface area contributed by atoms with Crippen molar-refractivity contribution in [2.45, 2.75) is 46.5 Å². The highest BCUT2D eigenvalue weighted by Gasteiger charge is 2.20. The van der Waals surface area contributed by atoms with Crippen molar-refractivity contribution in [3.63, 3.8) is 0 Å². The molecule has 0 bridgehead atoms. The molecule has 1 aliphatic heterocycles. The zero-order chi connectivity index (χ0) is 18.8. The third-order valence-corrected chi connectivity index (χ3v) is 5.28. The first-order chi connectivity index (χ1) is 12.4. The van der Waals surface area contributed by atoms with Crippen molar-refractivity contribution in [1.82, 2.24) is 5.32 Å². The van der Waals surface area contributed by atoms with E-state index in [-0.39, 0.29) is 11.7 Å². The number of hydrogen-bond donors (Lipinski definition) is 1. The molecule has 3 rings (SSSR count). The second-order valence-corrected chi connectivity index (χ2v) is 7.37. The minimum atomic E-state index is -0.273. The van der Waals surface area contributed by atoms with Crippen molar-refractivity contribution in [3.8, 4) is 11.1 Å². The zero-order valence-corrected chi connectivity index (χ0v) is 15.9. The van der Waals surface area contributed by atoms with Gasteiger partial charge in [-0.1, -0.05) is 38.1 Å². The van der Waals surface area contributed by atoms with Crippen molar-refractivity contribution in [1.29, 1.82) is 0 Å². The van der Waals surface area contributed by atoms with Gasteiger partial charge in [-0.05, 0) is 78.1 Å². The molecule has 1 aliphatic rings. The largest absolute Gasteiger partial charge is 0.352 e. The molecule has 0 aliphatic carbocycles. The Bertz CT molecular complexity index is 863. The molecule has 1 amide bonds. The van der Waals surface area contributed by atoms with Gasteiger partial charge in [-0.3, -0.25) is 4.79 Å². The summed E-state index contributed by atoms with van der Waals surface area (Å²) in [5, 5.41) is 2.89. The molecule has 2 aromatic rings. The fraction of sp³-hybridized carbons (Fsp3) is 0.348. The normalized spacial score (nSPS) is 16.6.